The average molecular weight is 246 g/mol. The van der Waals surface area contributed by atoms with E-state index in [1.807, 2.05) is 18.2 Å². The maximum absolute atomic E-state index is 5.76. The first kappa shape index (κ1) is 11.9. The van der Waals surface area contributed by atoms with E-state index in [0.717, 1.165) is 28.7 Å². The number of hydrogen-bond acceptors (Lipinski definition) is 5. The number of anilines is 1. The fourth-order valence-electron chi connectivity index (χ4n) is 1.39. The number of nitrogens with two attached hydrogens (primary N) is 1. The van der Waals surface area contributed by atoms with Gasteiger partial charge >= 0.3 is 0 Å². The number of pyridine rings is 1. The molecule has 0 saturated carbocycles. The lowest BCUT2D eigenvalue weighted by atomic mass is 10.3. The van der Waals surface area contributed by atoms with Crippen LogP contribution in [0.5, 0.6) is 0 Å². The summed E-state index contributed by atoms with van der Waals surface area (Å²) in [7, 11) is 0. The van der Waals surface area contributed by atoms with Crippen molar-refractivity contribution in [2.75, 3.05) is 5.73 Å². The molecule has 2 aromatic rings. The summed E-state index contributed by atoms with van der Waals surface area (Å²) in [6.07, 6.45) is 3.62. The Hall–Kier alpha value is -1.62. The molecule has 0 bridgehead atoms. The number of aromatic nitrogens is 3. The second-order valence-electron chi connectivity index (χ2n) is 3.57. The van der Waals surface area contributed by atoms with Gasteiger partial charge < -0.3 is 5.73 Å². The molecule has 5 heteroatoms. The molecule has 17 heavy (non-hydrogen) atoms. The third-order valence-corrected chi connectivity index (χ3v) is 2.96. The lowest BCUT2D eigenvalue weighted by Gasteiger charge is -2.04. The largest absolute Gasteiger partial charge is 0.384 e. The van der Waals surface area contributed by atoms with Crippen molar-refractivity contribution in [3.05, 3.63) is 36.3 Å². The van der Waals surface area contributed by atoms with Crippen molar-refractivity contribution in [2.24, 2.45) is 0 Å². The van der Waals surface area contributed by atoms with Gasteiger partial charge in [-0.2, -0.15) is 0 Å². The molecule has 0 fully saturated rings. The van der Waals surface area contributed by atoms with Crippen LogP contribution in [-0.4, -0.2) is 15.0 Å². The highest BCUT2D eigenvalue weighted by Crippen LogP contribution is 2.24. The predicted octanol–water partition coefficient (Wildman–Crippen LogP) is 2.56. The van der Waals surface area contributed by atoms with Crippen LogP contribution in [0.25, 0.3) is 0 Å². The molecule has 0 spiro atoms. The van der Waals surface area contributed by atoms with Gasteiger partial charge in [-0.05, 0) is 30.3 Å². The summed E-state index contributed by atoms with van der Waals surface area (Å²) in [6.45, 7) is 2.10. The van der Waals surface area contributed by atoms with Crippen molar-refractivity contribution in [1.29, 1.82) is 0 Å². The minimum atomic E-state index is 0.516. The van der Waals surface area contributed by atoms with E-state index in [4.69, 9.17) is 5.73 Å². The van der Waals surface area contributed by atoms with E-state index in [-0.39, 0.29) is 0 Å². The Kier molecular flexibility index (Phi) is 3.93. The number of nitrogen functional groups attached to an aromatic ring is 1. The average Bonchev–Trinajstić information content (AvgIpc) is 2.30. The minimum absolute atomic E-state index is 0.516. The molecule has 0 radical (unpaired) electrons. The van der Waals surface area contributed by atoms with E-state index in [0.29, 0.717) is 5.82 Å². The van der Waals surface area contributed by atoms with E-state index in [2.05, 4.69) is 21.9 Å². The normalized spacial score (nSPS) is 10.4. The van der Waals surface area contributed by atoms with Crippen molar-refractivity contribution in [3.63, 3.8) is 0 Å². The SMILES string of the molecule is CCCc1nc(N)cc(Sc2ccccn2)n1. The molecule has 0 atom stereocenters. The van der Waals surface area contributed by atoms with Crippen LogP contribution in [-0.2, 0) is 6.42 Å². The third kappa shape index (κ3) is 3.42. The molecule has 0 aliphatic carbocycles. The van der Waals surface area contributed by atoms with E-state index >= 15 is 0 Å². The summed E-state index contributed by atoms with van der Waals surface area (Å²) in [5, 5.41) is 1.76. The van der Waals surface area contributed by atoms with Gasteiger partial charge in [-0.1, -0.05) is 13.0 Å². The van der Waals surface area contributed by atoms with Crippen molar-refractivity contribution in [2.45, 2.75) is 29.8 Å². The maximum atomic E-state index is 5.76. The second-order valence-corrected chi connectivity index (χ2v) is 4.61. The molecule has 88 valence electrons. The first-order valence-corrected chi connectivity index (χ1v) is 6.32. The molecule has 0 saturated heterocycles. The number of nitrogens with zero attached hydrogens (tertiary/aromatic N) is 3. The second kappa shape index (κ2) is 5.63. The van der Waals surface area contributed by atoms with Gasteiger partial charge in [0, 0.05) is 18.7 Å². The summed E-state index contributed by atoms with van der Waals surface area (Å²) < 4.78 is 0. The standard InChI is InChI=1S/C12H14N4S/c1-2-5-10-15-9(13)8-12(16-10)17-11-6-3-4-7-14-11/h3-4,6-8H,2,5H2,1H3,(H2,13,15,16). The van der Waals surface area contributed by atoms with Gasteiger partial charge in [-0.3, -0.25) is 0 Å². The Morgan fingerprint density at radius 3 is 2.82 bits per heavy atom. The Balaban J connectivity index is 2.21. The summed E-state index contributed by atoms with van der Waals surface area (Å²) in [5.74, 6) is 1.31. The highest BCUT2D eigenvalue weighted by molar-refractivity contribution is 7.99. The van der Waals surface area contributed by atoms with Crippen LogP contribution in [0.2, 0.25) is 0 Å². The Bertz CT molecular complexity index is 487. The van der Waals surface area contributed by atoms with E-state index < -0.39 is 0 Å². The summed E-state index contributed by atoms with van der Waals surface area (Å²) >= 11 is 1.50. The van der Waals surface area contributed by atoms with Gasteiger partial charge in [-0.25, -0.2) is 15.0 Å². The number of rotatable bonds is 4. The van der Waals surface area contributed by atoms with Gasteiger partial charge in [-0.15, -0.1) is 0 Å². The minimum Gasteiger partial charge on any atom is -0.384 e. The zero-order valence-corrected chi connectivity index (χ0v) is 10.4. The molecule has 2 rings (SSSR count). The zero-order valence-electron chi connectivity index (χ0n) is 9.63. The Labute approximate surface area is 105 Å². The van der Waals surface area contributed by atoms with Crippen LogP contribution >= 0.6 is 11.8 Å². The third-order valence-electron chi connectivity index (χ3n) is 2.09. The summed E-state index contributed by atoms with van der Waals surface area (Å²) in [5.41, 5.74) is 5.76. The molecule has 0 aliphatic rings. The van der Waals surface area contributed by atoms with Crippen LogP contribution in [0.3, 0.4) is 0 Å². The fourth-order valence-corrected chi connectivity index (χ4v) is 2.20. The molecular weight excluding hydrogens is 232 g/mol. The van der Waals surface area contributed by atoms with E-state index in [1.54, 1.807) is 12.3 Å². The lowest BCUT2D eigenvalue weighted by Crippen LogP contribution is -2.00. The molecule has 2 N–H and O–H groups in total. The monoisotopic (exact) mass is 246 g/mol. The molecule has 0 aromatic carbocycles. The topological polar surface area (TPSA) is 64.7 Å². The maximum Gasteiger partial charge on any atom is 0.132 e. The van der Waals surface area contributed by atoms with Crippen molar-refractivity contribution < 1.29 is 0 Å². The van der Waals surface area contributed by atoms with Crippen molar-refractivity contribution in [1.82, 2.24) is 15.0 Å². The highest BCUT2D eigenvalue weighted by atomic mass is 32.2. The highest BCUT2D eigenvalue weighted by Gasteiger charge is 2.04. The molecular formula is C12H14N4S. The summed E-state index contributed by atoms with van der Waals surface area (Å²) in [6, 6.07) is 7.56. The Morgan fingerprint density at radius 2 is 2.12 bits per heavy atom. The first-order chi connectivity index (χ1) is 8.28. The van der Waals surface area contributed by atoms with Crippen LogP contribution in [0.1, 0.15) is 19.2 Å². The van der Waals surface area contributed by atoms with Crippen LogP contribution in [0, 0.1) is 0 Å². The molecule has 2 heterocycles. The molecule has 0 aliphatic heterocycles. The molecule has 2 aromatic heterocycles. The van der Waals surface area contributed by atoms with Gasteiger partial charge in [0.2, 0.25) is 0 Å². The van der Waals surface area contributed by atoms with Gasteiger partial charge in [0.15, 0.2) is 0 Å². The quantitative estimate of drug-likeness (QED) is 0.840. The Morgan fingerprint density at radius 1 is 1.24 bits per heavy atom. The van der Waals surface area contributed by atoms with E-state index in [9.17, 15) is 0 Å². The number of aryl methyl sites for hydroxylation is 1. The van der Waals surface area contributed by atoms with Gasteiger partial charge in [0.05, 0.1) is 0 Å². The number of hydrogen-bond donors (Lipinski definition) is 1. The van der Waals surface area contributed by atoms with Crippen molar-refractivity contribution >= 4 is 17.6 Å². The first-order valence-electron chi connectivity index (χ1n) is 5.50. The predicted molar refractivity (Wildman–Crippen MR) is 68.8 cm³/mol. The molecule has 0 amide bonds. The lowest BCUT2D eigenvalue weighted by molar-refractivity contribution is 0.813. The van der Waals surface area contributed by atoms with Gasteiger partial charge in [0.25, 0.3) is 0 Å². The zero-order chi connectivity index (χ0) is 12.1. The fraction of sp³-hybridized carbons (Fsp3) is 0.250. The van der Waals surface area contributed by atoms with Crippen LogP contribution in [0.15, 0.2) is 40.5 Å². The van der Waals surface area contributed by atoms with Crippen LogP contribution < -0.4 is 5.73 Å². The summed E-state index contributed by atoms with van der Waals surface area (Å²) in [4.78, 5) is 12.9. The smallest absolute Gasteiger partial charge is 0.132 e. The van der Waals surface area contributed by atoms with Crippen LogP contribution in [0.4, 0.5) is 5.82 Å². The molecule has 4 nitrogen and oxygen atoms in total. The molecule has 0 unspecified atom stereocenters. The van der Waals surface area contributed by atoms with Gasteiger partial charge in [0.1, 0.15) is 21.7 Å². The van der Waals surface area contributed by atoms with Crippen molar-refractivity contribution in [3.8, 4) is 0 Å². The van der Waals surface area contributed by atoms with E-state index in [1.165, 1.54) is 11.8 Å².